The summed E-state index contributed by atoms with van der Waals surface area (Å²) in [5, 5.41) is 1.91. The fourth-order valence-electron chi connectivity index (χ4n) is 0.988. The zero-order valence-electron chi connectivity index (χ0n) is 6.57. The zero-order valence-corrected chi connectivity index (χ0v) is 8.14. The number of hydrogen-bond acceptors (Lipinski definition) is 4. The lowest BCUT2D eigenvalue weighted by atomic mass is 10.2. The van der Waals surface area contributed by atoms with Gasteiger partial charge < -0.3 is 5.73 Å². The highest BCUT2D eigenvalue weighted by Gasteiger charge is 2.05. The SMILES string of the molecule is Nc1cncc(-c2ccsc2Cl)n1. The van der Waals surface area contributed by atoms with E-state index in [-0.39, 0.29) is 0 Å². The van der Waals surface area contributed by atoms with Gasteiger partial charge in [0.25, 0.3) is 0 Å². The van der Waals surface area contributed by atoms with Crippen LogP contribution >= 0.6 is 22.9 Å². The molecule has 2 heterocycles. The summed E-state index contributed by atoms with van der Waals surface area (Å²) in [6.07, 6.45) is 3.15. The Morgan fingerprint density at radius 1 is 1.38 bits per heavy atom. The van der Waals surface area contributed by atoms with Gasteiger partial charge in [-0.3, -0.25) is 4.98 Å². The molecule has 0 aliphatic heterocycles. The minimum atomic E-state index is 0.403. The van der Waals surface area contributed by atoms with Crippen molar-refractivity contribution in [2.45, 2.75) is 0 Å². The Kier molecular flexibility index (Phi) is 2.16. The lowest BCUT2D eigenvalue weighted by Gasteiger charge is -1.97. The highest BCUT2D eigenvalue weighted by Crippen LogP contribution is 2.30. The summed E-state index contributed by atoms with van der Waals surface area (Å²) in [6, 6.07) is 1.90. The van der Waals surface area contributed by atoms with Gasteiger partial charge >= 0.3 is 0 Å². The third-order valence-electron chi connectivity index (χ3n) is 1.55. The molecule has 13 heavy (non-hydrogen) atoms. The molecule has 5 heteroatoms. The van der Waals surface area contributed by atoms with E-state index in [1.165, 1.54) is 17.5 Å². The largest absolute Gasteiger partial charge is 0.382 e. The number of thiophene rings is 1. The highest BCUT2D eigenvalue weighted by atomic mass is 35.5. The molecule has 0 bridgehead atoms. The summed E-state index contributed by atoms with van der Waals surface area (Å²) >= 11 is 7.40. The Labute approximate surface area is 84.2 Å². The number of nitrogen functional groups attached to an aromatic ring is 1. The molecule has 0 saturated heterocycles. The summed E-state index contributed by atoms with van der Waals surface area (Å²) in [4.78, 5) is 8.05. The quantitative estimate of drug-likeness (QED) is 0.788. The van der Waals surface area contributed by atoms with Gasteiger partial charge in [0.15, 0.2) is 0 Å². The molecular formula is C8H6ClN3S. The Morgan fingerprint density at radius 2 is 2.23 bits per heavy atom. The topological polar surface area (TPSA) is 51.8 Å². The first-order valence-electron chi connectivity index (χ1n) is 3.58. The molecule has 0 spiro atoms. The Morgan fingerprint density at radius 3 is 2.85 bits per heavy atom. The molecule has 0 amide bonds. The predicted molar refractivity (Wildman–Crippen MR) is 54.8 cm³/mol. The summed E-state index contributed by atoms with van der Waals surface area (Å²) in [6.45, 7) is 0. The van der Waals surface area contributed by atoms with Crippen LogP contribution in [0, 0.1) is 0 Å². The molecule has 0 unspecified atom stereocenters. The van der Waals surface area contributed by atoms with Gasteiger partial charge in [0.05, 0.1) is 18.1 Å². The summed E-state index contributed by atoms with van der Waals surface area (Å²) in [7, 11) is 0. The van der Waals surface area contributed by atoms with Crippen molar-refractivity contribution in [1.29, 1.82) is 0 Å². The number of hydrogen-bond donors (Lipinski definition) is 1. The van der Waals surface area contributed by atoms with Crippen LogP contribution < -0.4 is 5.73 Å². The third kappa shape index (κ3) is 1.64. The number of nitrogens with two attached hydrogens (primary N) is 1. The molecule has 0 aliphatic rings. The van der Waals surface area contributed by atoms with Crippen LogP contribution in [-0.4, -0.2) is 9.97 Å². The van der Waals surface area contributed by atoms with E-state index in [0.717, 1.165) is 5.56 Å². The third-order valence-corrected chi connectivity index (χ3v) is 2.72. The van der Waals surface area contributed by atoms with E-state index in [2.05, 4.69) is 9.97 Å². The first-order valence-corrected chi connectivity index (χ1v) is 4.84. The summed E-state index contributed by atoms with van der Waals surface area (Å²) < 4.78 is 0.708. The van der Waals surface area contributed by atoms with Crippen LogP contribution in [0.25, 0.3) is 11.3 Å². The predicted octanol–water partition coefficient (Wildman–Crippen LogP) is 2.44. The molecule has 0 atom stereocenters. The summed E-state index contributed by atoms with van der Waals surface area (Å²) in [5.74, 6) is 0.403. The summed E-state index contributed by atoms with van der Waals surface area (Å²) in [5.41, 5.74) is 7.10. The van der Waals surface area contributed by atoms with E-state index in [0.29, 0.717) is 15.8 Å². The second kappa shape index (κ2) is 3.32. The number of nitrogens with zero attached hydrogens (tertiary/aromatic N) is 2. The lowest BCUT2D eigenvalue weighted by Crippen LogP contribution is -1.92. The van der Waals surface area contributed by atoms with Crippen LogP contribution in [0.2, 0.25) is 4.34 Å². The van der Waals surface area contributed by atoms with E-state index < -0.39 is 0 Å². The maximum Gasteiger partial charge on any atom is 0.142 e. The molecule has 3 nitrogen and oxygen atoms in total. The van der Waals surface area contributed by atoms with Gasteiger partial charge in [-0.05, 0) is 11.4 Å². The van der Waals surface area contributed by atoms with Crippen LogP contribution in [-0.2, 0) is 0 Å². The molecule has 2 aromatic rings. The van der Waals surface area contributed by atoms with Crippen LogP contribution in [0.15, 0.2) is 23.8 Å². The van der Waals surface area contributed by atoms with Crippen molar-refractivity contribution in [3.8, 4) is 11.3 Å². The molecule has 0 aromatic carbocycles. The van der Waals surface area contributed by atoms with Gasteiger partial charge in [-0.2, -0.15) is 0 Å². The number of aromatic nitrogens is 2. The molecule has 0 radical (unpaired) electrons. The van der Waals surface area contributed by atoms with E-state index in [4.69, 9.17) is 17.3 Å². The monoisotopic (exact) mass is 211 g/mol. The average Bonchev–Trinajstić information content (AvgIpc) is 2.51. The zero-order chi connectivity index (χ0) is 9.26. The van der Waals surface area contributed by atoms with Crippen LogP contribution in [0.5, 0.6) is 0 Å². The Balaban J connectivity index is 2.53. The number of halogens is 1. The van der Waals surface area contributed by atoms with Gasteiger partial charge in [-0.25, -0.2) is 4.98 Å². The van der Waals surface area contributed by atoms with E-state index in [1.54, 1.807) is 6.20 Å². The molecule has 2 N–H and O–H groups in total. The van der Waals surface area contributed by atoms with Crippen molar-refractivity contribution in [3.05, 3.63) is 28.2 Å². The van der Waals surface area contributed by atoms with Crippen molar-refractivity contribution in [3.63, 3.8) is 0 Å². The van der Waals surface area contributed by atoms with Crippen molar-refractivity contribution in [2.75, 3.05) is 5.73 Å². The lowest BCUT2D eigenvalue weighted by molar-refractivity contribution is 1.22. The van der Waals surface area contributed by atoms with Crippen molar-refractivity contribution in [2.24, 2.45) is 0 Å². The first kappa shape index (κ1) is 8.47. The molecule has 2 rings (SSSR count). The fourth-order valence-corrected chi connectivity index (χ4v) is 1.92. The first-order chi connectivity index (χ1) is 6.27. The van der Waals surface area contributed by atoms with Gasteiger partial charge in [0.1, 0.15) is 10.2 Å². The van der Waals surface area contributed by atoms with Gasteiger partial charge in [0.2, 0.25) is 0 Å². The van der Waals surface area contributed by atoms with Crippen molar-refractivity contribution >= 4 is 28.8 Å². The highest BCUT2D eigenvalue weighted by molar-refractivity contribution is 7.15. The molecule has 0 aliphatic carbocycles. The van der Waals surface area contributed by atoms with Crippen molar-refractivity contribution < 1.29 is 0 Å². The minimum absolute atomic E-state index is 0.403. The molecule has 0 saturated carbocycles. The Bertz CT molecular complexity index is 427. The Hall–Kier alpha value is -1.13. The standard InChI is InChI=1S/C8H6ClN3S/c9-8-5(1-2-13-8)6-3-11-4-7(10)12-6/h1-4H,(H2,10,12). The van der Waals surface area contributed by atoms with E-state index in [9.17, 15) is 0 Å². The van der Waals surface area contributed by atoms with Crippen LogP contribution in [0.3, 0.4) is 0 Å². The van der Waals surface area contributed by atoms with Crippen LogP contribution in [0.4, 0.5) is 5.82 Å². The molecule has 0 fully saturated rings. The maximum absolute atomic E-state index is 5.94. The van der Waals surface area contributed by atoms with Crippen LogP contribution in [0.1, 0.15) is 0 Å². The fraction of sp³-hybridized carbons (Fsp3) is 0. The smallest absolute Gasteiger partial charge is 0.142 e. The maximum atomic E-state index is 5.94. The number of anilines is 1. The second-order valence-electron chi connectivity index (χ2n) is 2.44. The average molecular weight is 212 g/mol. The van der Waals surface area contributed by atoms with Crippen molar-refractivity contribution in [1.82, 2.24) is 9.97 Å². The minimum Gasteiger partial charge on any atom is -0.382 e. The van der Waals surface area contributed by atoms with E-state index >= 15 is 0 Å². The molecular weight excluding hydrogens is 206 g/mol. The molecule has 66 valence electrons. The van der Waals surface area contributed by atoms with Gasteiger partial charge in [0, 0.05) is 5.56 Å². The number of rotatable bonds is 1. The van der Waals surface area contributed by atoms with Gasteiger partial charge in [-0.15, -0.1) is 11.3 Å². The van der Waals surface area contributed by atoms with Gasteiger partial charge in [-0.1, -0.05) is 11.6 Å². The normalized spacial score (nSPS) is 10.2. The van der Waals surface area contributed by atoms with E-state index in [1.807, 2.05) is 11.4 Å². The molecule has 2 aromatic heterocycles. The second-order valence-corrected chi connectivity index (χ2v) is 3.96.